The van der Waals surface area contributed by atoms with Gasteiger partial charge < -0.3 is 5.11 Å². The van der Waals surface area contributed by atoms with E-state index < -0.39 is 5.60 Å². The van der Waals surface area contributed by atoms with Crippen LogP contribution in [0.3, 0.4) is 0 Å². The average Bonchev–Trinajstić information content (AvgIpc) is 2.62. The molecule has 1 saturated carbocycles. The molecule has 0 aliphatic heterocycles. The molecular weight excluding hydrogens is 254 g/mol. The first kappa shape index (κ1) is 15.0. The fourth-order valence-corrected chi connectivity index (χ4v) is 4.29. The Kier molecular flexibility index (Phi) is 3.83. The molecule has 2 nitrogen and oxygen atoms in total. The number of hydrogen-bond acceptors (Lipinski definition) is 3. The third-order valence-electron chi connectivity index (χ3n) is 4.10. The molecule has 0 radical (unpaired) electrons. The molecule has 0 amide bonds. The van der Waals surface area contributed by atoms with Gasteiger partial charge in [0.15, 0.2) is 0 Å². The second-order valence-electron chi connectivity index (χ2n) is 7.97. The van der Waals surface area contributed by atoms with Gasteiger partial charge >= 0.3 is 0 Å². The van der Waals surface area contributed by atoms with Crippen molar-refractivity contribution in [2.75, 3.05) is 0 Å². The summed E-state index contributed by atoms with van der Waals surface area (Å²) >= 11 is 1.70. The van der Waals surface area contributed by atoms with Gasteiger partial charge in [-0.15, -0.1) is 11.3 Å². The van der Waals surface area contributed by atoms with Crippen LogP contribution in [-0.4, -0.2) is 15.7 Å². The van der Waals surface area contributed by atoms with Gasteiger partial charge in [-0.25, -0.2) is 4.98 Å². The Morgan fingerprint density at radius 2 is 2.00 bits per heavy atom. The Morgan fingerprint density at radius 1 is 1.32 bits per heavy atom. The van der Waals surface area contributed by atoms with Gasteiger partial charge in [-0.3, -0.25) is 0 Å². The molecule has 108 valence electrons. The summed E-state index contributed by atoms with van der Waals surface area (Å²) in [5, 5.41) is 14.1. The quantitative estimate of drug-likeness (QED) is 0.876. The average molecular weight is 281 g/mol. The maximum atomic E-state index is 10.8. The van der Waals surface area contributed by atoms with Crippen LogP contribution in [0.4, 0.5) is 0 Å². The summed E-state index contributed by atoms with van der Waals surface area (Å²) in [5.74, 6) is 0. The molecular formula is C16H27NOS. The molecule has 1 aromatic rings. The normalized spacial score (nSPS) is 27.5. The van der Waals surface area contributed by atoms with Crippen molar-refractivity contribution < 1.29 is 5.11 Å². The fourth-order valence-electron chi connectivity index (χ4n) is 3.13. The maximum absolute atomic E-state index is 10.8. The fraction of sp³-hybridized carbons (Fsp3) is 0.812. The van der Waals surface area contributed by atoms with Crippen molar-refractivity contribution in [1.82, 2.24) is 4.98 Å². The largest absolute Gasteiger partial charge is 0.389 e. The maximum Gasteiger partial charge on any atom is 0.0957 e. The molecule has 0 bridgehead atoms. The predicted molar refractivity (Wildman–Crippen MR) is 81.7 cm³/mol. The van der Waals surface area contributed by atoms with E-state index in [0.29, 0.717) is 0 Å². The monoisotopic (exact) mass is 281 g/mol. The number of hydrogen-bond donors (Lipinski definition) is 1. The molecule has 1 unspecified atom stereocenters. The van der Waals surface area contributed by atoms with Crippen molar-refractivity contribution in [3.8, 4) is 0 Å². The summed E-state index contributed by atoms with van der Waals surface area (Å²) in [6, 6.07) is 0. The van der Waals surface area contributed by atoms with Gasteiger partial charge in [-0.05, 0) is 24.7 Å². The first-order valence-corrected chi connectivity index (χ1v) is 8.15. The lowest BCUT2D eigenvalue weighted by Gasteiger charge is -2.41. The minimum atomic E-state index is -0.547. The van der Waals surface area contributed by atoms with Crippen molar-refractivity contribution in [3.05, 3.63) is 16.1 Å². The SMILES string of the molecule is CC1(C)CCCC(O)(Cc2nc(C(C)(C)C)cs2)C1. The molecule has 0 spiro atoms. The van der Waals surface area contributed by atoms with Crippen LogP contribution in [0.5, 0.6) is 0 Å². The third kappa shape index (κ3) is 3.79. The summed E-state index contributed by atoms with van der Waals surface area (Å²) in [7, 11) is 0. The highest BCUT2D eigenvalue weighted by Gasteiger charge is 2.39. The van der Waals surface area contributed by atoms with Crippen LogP contribution in [0.15, 0.2) is 5.38 Å². The Bertz CT molecular complexity index is 444. The Balaban J connectivity index is 2.10. The van der Waals surface area contributed by atoms with Gasteiger partial charge in [-0.2, -0.15) is 0 Å². The van der Waals surface area contributed by atoms with E-state index in [4.69, 9.17) is 4.98 Å². The highest BCUT2D eigenvalue weighted by molar-refractivity contribution is 7.09. The summed E-state index contributed by atoms with van der Waals surface area (Å²) in [4.78, 5) is 4.73. The van der Waals surface area contributed by atoms with Gasteiger partial charge in [0, 0.05) is 17.2 Å². The zero-order valence-electron chi connectivity index (χ0n) is 12.9. The topological polar surface area (TPSA) is 33.1 Å². The van der Waals surface area contributed by atoms with Gasteiger partial charge in [-0.1, -0.05) is 41.0 Å². The lowest BCUT2D eigenvalue weighted by atomic mass is 9.69. The molecule has 0 saturated heterocycles. The van der Waals surface area contributed by atoms with E-state index in [9.17, 15) is 5.11 Å². The minimum absolute atomic E-state index is 0.100. The minimum Gasteiger partial charge on any atom is -0.389 e. The van der Waals surface area contributed by atoms with E-state index in [1.807, 2.05) is 0 Å². The van der Waals surface area contributed by atoms with Crippen LogP contribution in [0.1, 0.15) is 71.0 Å². The van der Waals surface area contributed by atoms with Gasteiger partial charge in [0.05, 0.1) is 16.3 Å². The van der Waals surface area contributed by atoms with Crippen LogP contribution in [0, 0.1) is 5.41 Å². The molecule has 19 heavy (non-hydrogen) atoms. The van der Waals surface area contributed by atoms with Crippen molar-refractivity contribution >= 4 is 11.3 Å². The molecule has 1 aliphatic rings. The van der Waals surface area contributed by atoms with Crippen LogP contribution in [0.2, 0.25) is 0 Å². The molecule has 3 heteroatoms. The highest BCUT2D eigenvalue weighted by Crippen LogP contribution is 2.42. The Labute approximate surface area is 121 Å². The summed E-state index contributed by atoms with van der Waals surface area (Å²) in [5.41, 5.74) is 0.959. The van der Waals surface area contributed by atoms with E-state index in [1.165, 1.54) is 6.42 Å². The van der Waals surface area contributed by atoms with Crippen molar-refractivity contribution in [1.29, 1.82) is 0 Å². The predicted octanol–water partition coefficient (Wildman–Crippen LogP) is 4.31. The molecule has 0 aromatic carbocycles. The number of rotatable bonds is 2. The van der Waals surface area contributed by atoms with Crippen molar-refractivity contribution in [2.45, 2.75) is 77.7 Å². The van der Waals surface area contributed by atoms with Gasteiger partial charge in [0.1, 0.15) is 0 Å². The summed E-state index contributed by atoms with van der Waals surface area (Å²) in [6.45, 7) is 11.1. The number of aromatic nitrogens is 1. The number of aliphatic hydroxyl groups is 1. The van der Waals surface area contributed by atoms with E-state index in [1.54, 1.807) is 11.3 Å². The van der Waals surface area contributed by atoms with Crippen LogP contribution in [-0.2, 0) is 11.8 Å². The second kappa shape index (κ2) is 4.85. The van der Waals surface area contributed by atoms with E-state index in [2.05, 4.69) is 40.0 Å². The standard InChI is InChI=1S/C16H27NOS/c1-14(2,3)12-10-19-13(17-12)9-16(18)8-6-7-15(4,5)11-16/h10,18H,6-9,11H2,1-5H3. The molecule has 1 atom stereocenters. The highest BCUT2D eigenvalue weighted by atomic mass is 32.1. The molecule has 1 aromatic heterocycles. The van der Waals surface area contributed by atoms with Crippen molar-refractivity contribution in [2.24, 2.45) is 5.41 Å². The third-order valence-corrected chi connectivity index (χ3v) is 4.95. The Hall–Kier alpha value is -0.410. The number of thiazole rings is 1. The molecule has 1 N–H and O–H groups in total. The summed E-state index contributed by atoms with van der Waals surface area (Å²) in [6.07, 6.45) is 4.88. The van der Waals surface area contributed by atoms with E-state index in [0.717, 1.165) is 36.4 Å². The molecule has 1 aliphatic carbocycles. The van der Waals surface area contributed by atoms with Crippen molar-refractivity contribution in [3.63, 3.8) is 0 Å². The zero-order chi connectivity index (χ0) is 14.3. The van der Waals surface area contributed by atoms with Gasteiger partial charge in [0.25, 0.3) is 0 Å². The van der Waals surface area contributed by atoms with E-state index in [-0.39, 0.29) is 10.8 Å². The van der Waals surface area contributed by atoms with Crippen LogP contribution >= 0.6 is 11.3 Å². The molecule has 2 rings (SSSR count). The number of nitrogens with zero attached hydrogens (tertiary/aromatic N) is 1. The summed E-state index contributed by atoms with van der Waals surface area (Å²) < 4.78 is 0. The smallest absolute Gasteiger partial charge is 0.0957 e. The molecule has 1 heterocycles. The molecule has 1 fully saturated rings. The zero-order valence-corrected chi connectivity index (χ0v) is 13.7. The van der Waals surface area contributed by atoms with Crippen LogP contribution < -0.4 is 0 Å². The van der Waals surface area contributed by atoms with E-state index >= 15 is 0 Å². The lowest BCUT2D eigenvalue weighted by Crippen LogP contribution is -2.40. The first-order valence-electron chi connectivity index (χ1n) is 7.27. The lowest BCUT2D eigenvalue weighted by molar-refractivity contribution is -0.0382. The van der Waals surface area contributed by atoms with Crippen LogP contribution in [0.25, 0.3) is 0 Å². The first-order chi connectivity index (χ1) is 8.60. The van der Waals surface area contributed by atoms with Gasteiger partial charge in [0.2, 0.25) is 0 Å². The second-order valence-corrected chi connectivity index (χ2v) is 8.91. The Morgan fingerprint density at radius 3 is 2.53 bits per heavy atom.